The summed E-state index contributed by atoms with van der Waals surface area (Å²) in [5.74, 6) is 0.633. The molecule has 1 amide bonds. The lowest BCUT2D eigenvalue weighted by Crippen LogP contribution is -2.07. The third-order valence-electron chi connectivity index (χ3n) is 3.95. The molecule has 3 nitrogen and oxygen atoms in total. The zero-order valence-electron chi connectivity index (χ0n) is 15.0. The van der Waals surface area contributed by atoms with Gasteiger partial charge < -0.3 is 10.1 Å². The average molecular weight is 422 g/mol. The van der Waals surface area contributed by atoms with E-state index in [1.54, 1.807) is 6.08 Å². The van der Waals surface area contributed by atoms with Crippen molar-refractivity contribution < 1.29 is 9.53 Å². The minimum Gasteiger partial charge on any atom is -0.489 e. The molecule has 0 unspecified atom stereocenters. The Morgan fingerprint density at radius 3 is 2.30 bits per heavy atom. The Morgan fingerprint density at radius 1 is 0.963 bits per heavy atom. The van der Waals surface area contributed by atoms with Gasteiger partial charge in [-0.15, -0.1) is 0 Å². The van der Waals surface area contributed by atoms with Gasteiger partial charge in [-0.3, -0.25) is 4.79 Å². The fourth-order valence-electron chi connectivity index (χ4n) is 2.42. The first-order chi connectivity index (χ1) is 13.1. The molecule has 3 aromatic rings. The highest BCUT2D eigenvalue weighted by molar-refractivity contribution is 9.10. The number of carbonyl (C=O) groups is 1. The first-order valence-electron chi connectivity index (χ1n) is 8.61. The molecule has 0 spiro atoms. The van der Waals surface area contributed by atoms with Crippen LogP contribution in [0.2, 0.25) is 0 Å². The number of halogens is 1. The zero-order chi connectivity index (χ0) is 19.1. The molecule has 0 aromatic heterocycles. The van der Waals surface area contributed by atoms with Crippen molar-refractivity contribution in [2.45, 2.75) is 13.5 Å². The molecule has 0 bridgehead atoms. The van der Waals surface area contributed by atoms with E-state index in [0.717, 1.165) is 32.6 Å². The molecule has 0 saturated heterocycles. The van der Waals surface area contributed by atoms with Crippen molar-refractivity contribution in [3.63, 3.8) is 0 Å². The molecule has 0 aliphatic rings. The van der Waals surface area contributed by atoms with Gasteiger partial charge in [-0.25, -0.2) is 0 Å². The van der Waals surface area contributed by atoms with E-state index < -0.39 is 0 Å². The number of amides is 1. The number of hydrogen-bond acceptors (Lipinski definition) is 2. The Morgan fingerprint density at radius 2 is 1.63 bits per heavy atom. The van der Waals surface area contributed by atoms with E-state index in [1.807, 2.05) is 79.7 Å². The molecule has 0 aliphatic carbocycles. The third-order valence-corrected chi connectivity index (χ3v) is 4.47. The molecule has 3 aromatic carbocycles. The molecule has 0 radical (unpaired) electrons. The van der Waals surface area contributed by atoms with Gasteiger partial charge in [0.15, 0.2) is 0 Å². The van der Waals surface area contributed by atoms with Crippen LogP contribution in [0.5, 0.6) is 5.75 Å². The normalized spacial score (nSPS) is 10.7. The highest BCUT2D eigenvalue weighted by atomic mass is 79.9. The van der Waals surface area contributed by atoms with Crippen LogP contribution in [0.25, 0.3) is 6.08 Å². The summed E-state index contributed by atoms with van der Waals surface area (Å²) in [6, 6.07) is 23.4. The maximum atomic E-state index is 12.0. The molecule has 4 heteroatoms. The van der Waals surface area contributed by atoms with Gasteiger partial charge in [0.25, 0.3) is 0 Å². The molecule has 0 saturated carbocycles. The Kier molecular flexibility index (Phi) is 6.44. The van der Waals surface area contributed by atoms with E-state index in [0.29, 0.717) is 6.61 Å². The minimum absolute atomic E-state index is 0.158. The number of aryl methyl sites for hydroxylation is 1. The number of rotatable bonds is 6. The lowest BCUT2D eigenvalue weighted by molar-refractivity contribution is -0.111. The molecular formula is C23H20BrNO2. The van der Waals surface area contributed by atoms with Gasteiger partial charge in [-0.2, -0.15) is 0 Å². The molecule has 0 atom stereocenters. The van der Waals surface area contributed by atoms with Crippen LogP contribution >= 0.6 is 15.9 Å². The lowest BCUT2D eigenvalue weighted by atomic mass is 10.2. The zero-order valence-corrected chi connectivity index (χ0v) is 16.6. The summed E-state index contributed by atoms with van der Waals surface area (Å²) >= 11 is 3.42. The maximum Gasteiger partial charge on any atom is 0.248 e. The Labute approximate surface area is 167 Å². The van der Waals surface area contributed by atoms with Crippen LogP contribution in [0, 0.1) is 6.92 Å². The van der Waals surface area contributed by atoms with Crippen LogP contribution in [0.3, 0.4) is 0 Å². The highest BCUT2D eigenvalue weighted by Crippen LogP contribution is 2.17. The largest absolute Gasteiger partial charge is 0.489 e. The molecular weight excluding hydrogens is 402 g/mol. The second-order valence-electron chi connectivity index (χ2n) is 6.17. The maximum absolute atomic E-state index is 12.0. The van der Waals surface area contributed by atoms with Crippen molar-refractivity contribution in [3.8, 4) is 5.75 Å². The Bertz CT molecular complexity index is 914. The van der Waals surface area contributed by atoms with Gasteiger partial charge in [-0.05, 0) is 60.5 Å². The van der Waals surface area contributed by atoms with Gasteiger partial charge in [-0.1, -0.05) is 57.9 Å². The molecule has 1 N–H and O–H groups in total. The van der Waals surface area contributed by atoms with Crippen molar-refractivity contribution in [1.82, 2.24) is 0 Å². The van der Waals surface area contributed by atoms with Gasteiger partial charge in [0.1, 0.15) is 12.4 Å². The van der Waals surface area contributed by atoms with Crippen LogP contribution in [0.15, 0.2) is 83.3 Å². The van der Waals surface area contributed by atoms with E-state index in [-0.39, 0.29) is 5.91 Å². The third kappa shape index (κ3) is 6.12. The van der Waals surface area contributed by atoms with Crippen molar-refractivity contribution >= 4 is 33.6 Å². The van der Waals surface area contributed by atoms with Gasteiger partial charge >= 0.3 is 0 Å². The fourth-order valence-corrected chi connectivity index (χ4v) is 2.68. The van der Waals surface area contributed by atoms with Crippen LogP contribution < -0.4 is 10.1 Å². The van der Waals surface area contributed by atoms with Gasteiger partial charge in [0.05, 0.1) is 0 Å². The van der Waals surface area contributed by atoms with Crippen molar-refractivity contribution in [3.05, 3.63) is 100 Å². The van der Waals surface area contributed by atoms with E-state index in [4.69, 9.17) is 4.74 Å². The number of hydrogen-bond donors (Lipinski definition) is 1. The number of benzene rings is 3. The molecule has 0 heterocycles. The standard InChI is InChI=1S/C23H20BrNO2/c1-17-2-11-21(12-3-17)25-23(26)15-8-18-6-13-22(14-7-18)27-16-19-4-9-20(24)10-5-19/h2-15H,16H2,1H3,(H,25,26)/b15-8+. The predicted octanol–water partition coefficient (Wildman–Crippen LogP) is 5.99. The summed E-state index contributed by atoms with van der Waals surface area (Å²) in [7, 11) is 0. The van der Waals surface area contributed by atoms with E-state index in [9.17, 15) is 4.79 Å². The average Bonchev–Trinajstić information content (AvgIpc) is 2.68. The summed E-state index contributed by atoms with van der Waals surface area (Å²) in [5, 5.41) is 2.84. The first kappa shape index (κ1) is 18.9. The van der Waals surface area contributed by atoms with E-state index >= 15 is 0 Å². The number of ether oxygens (including phenoxy) is 1. The molecule has 3 rings (SSSR count). The van der Waals surface area contributed by atoms with Crippen molar-refractivity contribution in [2.75, 3.05) is 5.32 Å². The number of nitrogens with one attached hydrogen (secondary N) is 1. The van der Waals surface area contributed by atoms with Gasteiger partial charge in [0.2, 0.25) is 5.91 Å². The topological polar surface area (TPSA) is 38.3 Å². The summed E-state index contributed by atoms with van der Waals surface area (Å²) < 4.78 is 6.83. The highest BCUT2D eigenvalue weighted by Gasteiger charge is 1.99. The van der Waals surface area contributed by atoms with Crippen LogP contribution in [0.1, 0.15) is 16.7 Å². The van der Waals surface area contributed by atoms with Crippen molar-refractivity contribution in [2.24, 2.45) is 0 Å². The van der Waals surface area contributed by atoms with E-state index in [1.165, 1.54) is 6.08 Å². The molecule has 0 aliphatic heterocycles. The quantitative estimate of drug-likeness (QED) is 0.496. The Hall–Kier alpha value is -2.85. The summed E-state index contributed by atoms with van der Waals surface area (Å²) in [4.78, 5) is 12.0. The van der Waals surface area contributed by atoms with Crippen LogP contribution in [-0.4, -0.2) is 5.91 Å². The molecule has 0 fully saturated rings. The Balaban J connectivity index is 1.51. The SMILES string of the molecule is Cc1ccc(NC(=O)/C=C/c2ccc(OCc3ccc(Br)cc3)cc2)cc1. The first-order valence-corrected chi connectivity index (χ1v) is 9.41. The summed E-state index contributed by atoms with van der Waals surface area (Å²) in [6.45, 7) is 2.53. The molecule has 136 valence electrons. The fraction of sp³-hybridized carbons (Fsp3) is 0.0870. The second-order valence-corrected chi connectivity index (χ2v) is 7.09. The summed E-state index contributed by atoms with van der Waals surface area (Å²) in [6.07, 6.45) is 3.31. The molecule has 27 heavy (non-hydrogen) atoms. The predicted molar refractivity (Wildman–Crippen MR) is 114 cm³/mol. The number of carbonyl (C=O) groups excluding carboxylic acids is 1. The smallest absolute Gasteiger partial charge is 0.248 e. The van der Waals surface area contributed by atoms with Gasteiger partial charge in [0, 0.05) is 16.2 Å². The summed E-state index contributed by atoms with van der Waals surface area (Å²) in [5.41, 5.74) is 3.98. The van der Waals surface area contributed by atoms with E-state index in [2.05, 4.69) is 21.2 Å². The lowest BCUT2D eigenvalue weighted by Gasteiger charge is -2.06. The van der Waals surface area contributed by atoms with Crippen LogP contribution in [0.4, 0.5) is 5.69 Å². The van der Waals surface area contributed by atoms with Crippen LogP contribution in [-0.2, 0) is 11.4 Å². The monoisotopic (exact) mass is 421 g/mol. The number of anilines is 1. The minimum atomic E-state index is -0.158. The van der Waals surface area contributed by atoms with Crippen molar-refractivity contribution in [1.29, 1.82) is 0 Å². The second kappa shape index (κ2) is 9.19.